The van der Waals surface area contributed by atoms with Crippen LogP contribution in [-0.2, 0) is 4.79 Å². The van der Waals surface area contributed by atoms with Gasteiger partial charge in [-0.05, 0) is 26.2 Å². The molecule has 1 fully saturated rings. The molecule has 1 aliphatic heterocycles. The molecule has 18 heavy (non-hydrogen) atoms. The minimum atomic E-state index is -0.542. The molecule has 0 aliphatic carbocycles. The summed E-state index contributed by atoms with van der Waals surface area (Å²) in [5.41, 5.74) is 11.9. The van der Waals surface area contributed by atoms with Gasteiger partial charge in [-0.3, -0.25) is 14.7 Å². The number of carbonyl (C=O) groups is 2. The fraction of sp³-hybridized carbons (Fsp3) is 0.545. The number of primary amides is 1. The molecule has 1 aromatic heterocycles. The molecule has 0 radical (unpaired) electrons. The third kappa shape index (κ3) is 2.03. The van der Waals surface area contributed by atoms with Gasteiger partial charge >= 0.3 is 0 Å². The van der Waals surface area contributed by atoms with Crippen LogP contribution in [0.2, 0.25) is 0 Å². The van der Waals surface area contributed by atoms with Gasteiger partial charge in [-0.25, -0.2) is 0 Å². The number of carbonyl (C=O) groups excluding carboxylic acids is 2. The summed E-state index contributed by atoms with van der Waals surface area (Å²) in [6.07, 6.45) is 2.38. The number of nitrogen functional groups attached to an aromatic ring is 1. The minimum Gasteiger partial charge on any atom is -0.382 e. The minimum absolute atomic E-state index is 0.159. The number of nitrogens with one attached hydrogen (secondary N) is 1. The summed E-state index contributed by atoms with van der Waals surface area (Å²) in [5, 5.41) is 6.45. The number of piperidine rings is 1. The molecule has 0 aromatic carbocycles. The van der Waals surface area contributed by atoms with Gasteiger partial charge in [0.25, 0.3) is 5.91 Å². The number of aryl methyl sites for hydroxylation is 1. The van der Waals surface area contributed by atoms with Crippen LogP contribution in [0.4, 0.5) is 5.82 Å². The molecule has 0 saturated carbocycles. The molecule has 1 saturated heterocycles. The lowest BCUT2D eigenvalue weighted by molar-refractivity contribution is -0.123. The molecule has 1 aromatic rings. The number of amides is 2. The van der Waals surface area contributed by atoms with Gasteiger partial charge in [0.05, 0.1) is 0 Å². The number of aromatic nitrogens is 2. The van der Waals surface area contributed by atoms with Gasteiger partial charge in [0.1, 0.15) is 11.6 Å². The van der Waals surface area contributed by atoms with E-state index in [-0.39, 0.29) is 11.7 Å². The monoisotopic (exact) mass is 251 g/mol. The molecule has 98 valence electrons. The molecule has 5 N–H and O–H groups in total. The molecule has 1 unspecified atom stereocenters. The van der Waals surface area contributed by atoms with Crippen molar-refractivity contribution in [3.05, 3.63) is 11.3 Å². The normalized spacial score (nSPS) is 19.8. The number of hydrogen-bond donors (Lipinski definition) is 3. The van der Waals surface area contributed by atoms with Crippen LogP contribution in [0.3, 0.4) is 0 Å². The Morgan fingerprint density at radius 2 is 2.17 bits per heavy atom. The number of likely N-dealkylation sites (tertiary alicyclic amines) is 1. The molecule has 0 spiro atoms. The number of H-pyrrole nitrogens is 1. The Hall–Kier alpha value is -2.05. The molecule has 2 rings (SSSR count). The second kappa shape index (κ2) is 4.67. The Bertz CT molecular complexity index is 462. The lowest BCUT2D eigenvalue weighted by atomic mass is 10.0. The number of rotatable bonds is 2. The van der Waals surface area contributed by atoms with Gasteiger partial charge < -0.3 is 16.4 Å². The van der Waals surface area contributed by atoms with Crippen molar-refractivity contribution < 1.29 is 9.59 Å². The molecule has 2 amide bonds. The smallest absolute Gasteiger partial charge is 0.260 e. The van der Waals surface area contributed by atoms with Gasteiger partial charge in [-0.1, -0.05) is 0 Å². The molecule has 2 heterocycles. The van der Waals surface area contributed by atoms with Gasteiger partial charge in [-0.2, -0.15) is 5.10 Å². The summed E-state index contributed by atoms with van der Waals surface area (Å²) in [6, 6.07) is -0.542. The maximum Gasteiger partial charge on any atom is 0.260 e. The number of hydrogen-bond acceptors (Lipinski definition) is 4. The topological polar surface area (TPSA) is 118 Å². The fourth-order valence-electron chi connectivity index (χ4n) is 2.33. The van der Waals surface area contributed by atoms with E-state index in [2.05, 4.69) is 10.2 Å². The quantitative estimate of drug-likeness (QED) is 0.673. The van der Waals surface area contributed by atoms with Crippen LogP contribution in [0.1, 0.15) is 35.3 Å². The van der Waals surface area contributed by atoms with Crippen molar-refractivity contribution in [1.82, 2.24) is 15.1 Å². The largest absolute Gasteiger partial charge is 0.382 e. The summed E-state index contributed by atoms with van der Waals surface area (Å²) < 4.78 is 0. The zero-order chi connectivity index (χ0) is 13.3. The van der Waals surface area contributed by atoms with E-state index in [4.69, 9.17) is 11.5 Å². The molecule has 0 bridgehead atoms. The maximum atomic E-state index is 12.4. The molecule has 7 nitrogen and oxygen atoms in total. The van der Waals surface area contributed by atoms with E-state index in [0.29, 0.717) is 24.2 Å². The summed E-state index contributed by atoms with van der Waals surface area (Å²) in [7, 11) is 0. The summed E-state index contributed by atoms with van der Waals surface area (Å²) in [4.78, 5) is 25.3. The van der Waals surface area contributed by atoms with E-state index in [0.717, 1.165) is 12.8 Å². The van der Waals surface area contributed by atoms with Crippen molar-refractivity contribution >= 4 is 17.6 Å². The highest BCUT2D eigenvalue weighted by Gasteiger charge is 2.33. The average molecular weight is 251 g/mol. The van der Waals surface area contributed by atoms with E-state index in [1.807, 2.05) is 0 Å². The third-order valence-electron chi connectivity index (χ3n) is 3.28. The number of anilines is 1. The van der Waals surface area contributed by atoms with Crippen molar-refractivity contribution in [1.29, 1.82) is 0 Å². The molecular weight excluding hydrogens is 234 g/mol. The highest BCUT2D eigenvalue weighted by molar-refractivity contribution is 6.01. The number of aromatic amines is 1. The predicted octanol–water partition coefficient (Wildman–Crippen LogP) is -0.220. The second-order valence-electron chi connectivity index (χ2n) is 4.52. The fourth-order valence-corrected chi connectivity index (χ4v) is 2.33. The van der Waals surface area contributed by atoms with Crippen molar-refractivity contribution in [3.63, 3.8) is 0 Å². The van der Waals surface area contributed by atoms with Crippen LogP contribution >= 0.6 is 0 Å². The third-order valence-corrected chi connectivity index (χ3v) is 3.28. The highest BCUT2D eigenvalue weighted by atomic mass is 16.2. The summed E-state index contributed by atoms with van der Waals surface area (Å²) >= 11 is 0. The van der Waals surface area contributed by atoms with Gasteiger partial charge in [-0.15, -0.1) is 0 Å². The van der Waals surface area contributed by atoms with Gasteiger partial charge in [0, 0.05) is 12.2 Å². The summed E-state index contributed by atoms with van der Waals surface area (Å²) in [5.74, 6) is -0.587. The van der Waals surface area contributed by atoms with Crippen LogP contribution in [0.5, 0.6) is 0 Å². The maximum absolute atomic E-state index is 12.4. The van der Waals surface area contributed by atoms with Crippen LogP contribution < -0.4 is 11.5 Å². The first-order valence-corrected chi connectivity index (χ1v) is 5.93. The predicted molar refractivity (Wildman–Crippen MR) is 65.6 cm³/mol. The lowest BCUT2D eigenvalue weighted by Gasteiger charge is -2.33. The average Bonchev–Trinajstić information content (AvgIpc) is 2.68. The molecular formula is C11H17N5O2. The van der Waals surface area contributed by atoms with Gasteiger partial charge in [0.15, 0.2) is 5.82 Å². The molecule has 1 atom stereocenters. The van der Waals surface area contributed by atoms with Crippen LogP contribution in [0.15, 0.2) is 0 Å². The Labute approximate surface area is 105 Å². The first kappa shape index (κ1) is 12.4. The highest BCUT2D eigenvalue weighted by Crippen LogP contribution is 2.22. The van der Waals surface area contributed by atoms with Crippen molar-refractivity contribution in [2.24, 2.45) is 5.73 Å². The Balaban J connectivity index is 2.29. The van der Waals surface area contributed by atoms with Crippen molar-refractivity contribution in [3.8, 4) is 0 Å². The van der Waals surface area contributed by atoms with E-state index in [9.17, 15) is 9.59 Å². The zero-order valence-corrected chi connectivity index (χ0v) is 10.3. The first-order chi connectivity index (χ1) is 8.52. The van der Waals surface area contributed by atoms with Crippen molar-refractivity contribution in [2.75, 3.05) is 12.3 Å². The lowest BCUT2D eigenvalue weighted by Crippen LogP contribution is -2.50. The second-order valence-corrected chi connectivity index (χ2v) is 4.52. The van der Waals surface area contributed by atoms with E-state index < -0.39 is 11.9 Å². The van der Waals surface area contributed by atoms with Gasteiger partial charge in [0.2, 0.25) is 5.91 Å². The van der Waals surface area contributed by atoms with E-state index in [1.165, 1.54) is 4.90 Å². The van der Waals surface area contributed by atoms with Crippen LogP contribution in [0, 0.1) is 6.92 Å². The molecule has 1 aliphatic rings. The SMILES string of the molecule is Cc1[nH]nc(N)c1C(=O)N1CCCCC1C(N)=O. The molecule has 7 heteroatoms. The van der Waals surface area contributed by atoms with Crippen LogP contribution in [0.25, 0.3) is 0 Å². The standard InChI is InChI=1S/C11H17N5O2/c1-6-8(9(12)15-14-6)11(18)16-5-3-2-4-7(16)10(13)17/h7H,2-5H2,1H3,(H2,13,17)(H3,12,14,15). The Kier molecular flexibility index (Phi) is 3.22. The zero-order valence-electron chi connectivity index (χ0n) is 10.3. The van der Waals surface area contributed by atoms with Crippen LogP contribution in [-0.4, -0.2) is 39.5 Å². The Morgan fingerprint density at radius 1 is 1.44 bits per heavy atom. The first-order valence-electron chi connectivity index (χ1n) is 5.93. The van der Waals surface area contributed by atoms with E-state index >= 15 is 0 Å². The van der Waals surface area contributed by atoms with E-state index in [1.54, 1.807) is 6.92 Å². The Morgan fingerprint density at radius 3 is 2.72 bits per heavy atom. The number of nitrogens with two attached hydrogens (primary N) is 2. The number of nitrogens with zero attached hydrogens (tertiary/aromatic N) is 2. The van der Waals surface area contributed by atoms with Crippen molar-refractivity contribution in [2.45, 2.75) is 32.2 Å². The summed E-state index contributed by atoms with van der Waals surface area (Å²) in [6.45, 7) is 2.25.